The van der Waals surface area contributed by atoms with Gasteiger partial charge in [-0.3, -0.25) is 4.79 Å². The minimum absolute atomic E-state index is 0.0914. The zero-order valence-corrected chi connectivity index (χ0v) is 6.91. The topological polar surface area (TPSA) is 46.5 Å². The number of ether oxygens (including phenoxy) is 1. The second-order valence-corrected chi connectivity index (χ2v) is 3.37. The smallest absolute Gasteiger partial charge is 0.308 e. The molecule has 11 heavy (non-hydrogen) atoms. The molecule has 0 bridgehead atoms. The molecule has 2 atom stereocenters. The lowest BCUT2D eigenvalue weighted by molar-refractivity contribution is -0.163. The highest BCUT2D eigenvalue weighted by Crippen LogP contribution is 2.20. The van der Waals surface area contributed by atoms with Gasteiger partial charge in [0.25, 0.3) is 0 Å². The molecule has 0 saturated carbocycles. The summed E-state index contributed by atoms with van der Waals surface area (Å²) in [6, 6.07) is 0. The minimum Gasteiger partial charge on any atom is -0.462 e. The van der Waals surface area contributed by atoms with E-state index in [-0.39, 0.29) is 18.5 Å². The van der Waals surface area contributed by atoms with Gasteiger partial charge >= 0.3 is 5.97 Å². The van der Waals surface area contributed by atoms with Crippen LogP contribution in [0.25, 0.3) is 0 Å². The van der Waals surface area contributed by atoms with Gasteiger partial charge in [-0.05, 0) is 5.92 Å². The average molecular weight is 158 g/mol. The van der Waals surface area contributed by atoms with E-state index in [0.29, 0.717) is 12.3 Å². The summed E-state index contributed by atoms with van der Waals surface area (Å²) in [6.07, 6.45) is 0.155. The van der Waals surface area contributed by atoms with Crippen LogP contribution in [0.1, 0.15) is 26.7 Å². The predicted octanol–water partition coefficient (Wildman–Crippen LogP) is 0.709. The zero-order valence-electron chi connectivity index (χ0n) is 6.91. The third kappa shape index (κ3) is 2.19. The van der Waals surface area contributed by atoms with Crippen molar-refractivity contribution in [1.82, 2.24) is 0 Å². The summed E-state index contributed by atoms with van der Waals surface area (Å²) in [5, 5.41) is 9.20. The molecule has 1 rings (SSSR count). The summed E-state index contributed by atoms with van der Waals surface area (Å²) in [4.78, 5) is 10.8. The van der Waals surface area contributed by atoms with Crippen LogP contribution in [0.2, 0.25) is 0 Å². The van der Waals surface area contributed by atoms with Gasteiger partial charge in [-0.1, -0.05) is 13.8 Å². The first kappa shape index (κ1) is 8.53. The Bertz CT molecular complexity index is 153. The average Bonchev–Trinajstić information content (AvgIpc) is 1.85. The number of hydrogen-bond donors (Lipinski definition) is 1. The molecule has 3 nitrogen and oxygen atoms in total. The number of carbonyl (C=O) groups excluding carboxylic acids is 1. The molecule has 0 aliphatic carbocycles. The van der Waals surface area contributed by atoms with E-state index < -0.39 is 6.10 Å². The third-order valence-corrected chi connectivity index (χ3v) is 1.93. The van der Waals surface area contributed by atoms with Crippen molar-refractivity contribution < 1.29 is 14.6 Å². The quantitative estimate of drug-likeness (QED) is 0.572. The molecule has 0 amide bonds. The summed E-state index contributed by atoms with van der Waals surface area (Å²) < 4.78 is 5.02. The van der Waals surface area contributed by atoms with Crippen molar-refractivity contribution in [1.29, 1.82) is 0 Å². The Balaban J connectivity index is 2.49. The van der Waals surface area contributed by atoms with Gasteiger partial charge in [0.05, 0.1) is 12.5 Å². The molecular formula is C8H14O3. The molecule has 0 spiro atoms. The van der Waals surface area contributed by atoms with E-state index >= 15 is 0 Å². The molecule has 0 aromatic carbocycles. The normalized spacial score (nSPS) is 32.2. The van der Waals surface area contributed by atoms with Crippen molar-refractivity contribution in [2.24, 2.45) is 5.92 Å². The molecule has 1 heterocycles. The van der Waals surface area contributed by atoms with E-state index in [1.807, 2.05) is 13.8 Å². The van der Waals surface area contributed by atoms with Crippen LogP contribution in [-0.4, -0.2) is 23.3 Å². The Hall–Kier alpha value is -0.570. The molecule has 1 N–H and O–H groups in total. The van der Waals surface area contributed by atoms with Gasteiger partial charge < -0.3 is 9.84 Å². The van der Waals surface area contributed by atoms with Crippen molar-refractivity contribution in [2.75, 3.05) is 0 Å². The molecule has 1 fully saturated rings. The summed E-state index contributed by atoms with van der Waals surface area (Å²) in [5.74, 6) is 0.0244. The molecule has 1 saturated heterocycles. The van der Waals surface area contributed by atoms with E-state index in [9.17, 15) is 9.90 Å². The molecule has 0 radical (unpaired) electrons. The van der Waals surface area contributed by atoms with Crippen molar-refractivity contribution in [3.8, 4) is 0 Å². The van der Waals surface area contributed by atoms with Crippen molar-refractivity contribution in [3.05, 3.63) is 0 Å². The Morgan fingerprint density at radius 2 is 2.27 bits per heavy atom. The van der Waals surface area contributed by atoms with Gasteiger partial charge in [0.1, 0.15) is 6.10 Å². The fraction of sp³-hybridized carbons (Fsp3) is 0.875. The Labute approximate surface area is 66.4 Å². The summed E-state index contributed by atoms with van der Waals surface area (Å²) in [7, 11) is 0. The Kier molecular flexibility index (Phi) is 2.49. The molecule has 0 aromatic heterocycles. The second kappa shape index (κ2) is 3.22. The number of hydrogen-bond acceptors (Lipinski definition) is 3. The van der Waals surface area contributed by atoms with Crippen LogP contribution in [0.15, 0.2) is 0 Å². The van der Waals surface area contributed by atoms with Crippen LogP contribution in [0.3, 0.4) is 0 Å². The molecule has 3 heteroatoms. The largest absolute Gasteiger partial charge is 0.462 e. The molecule has 1 aliphatic rings. The maximum Gasteiger partial charge on any atom is 0.308 e. The first-order chi connectivity index (χ1) is 5.09. The number of aliphatic hydroxyl groups is 1. The van der Waals surface area contributed by atoms with Gasteiger partial charge in [-0.15, -0.1) is 0 Å². The van der Waals surface area contributed by atoms with Gasteiger partial charge in [0.15, 0.2) is 0 Å². The van der Waals surface area contributed by atoms with Gasteiger partial charge in [-0.2, -0.15) is 0 Å². The number of aliphatic hydroxyl groups excluding tert-OH is 1. The van der Waals surface area contributed by atoms with Crippen LogP contribution in [0.4, 0.5) is 0 Å². The van der Waals surface area contributed by atoms with E-state index in [1.165, 1.54) is 0 Å². The summed E-state index contributed by atoms with van der Waals surface area (Å²) in [5.41, 5.74) is 0. The Morgan fingerprint density at radius 1 is 1.64 bits per heavy atom. The Morgan fingerprint density at radius 3 is 2.73 bits per heavy atom. The molecule has 2 unspecified atom stereocenters. The third-order valence-electron chi connectivity index (χ3n) is 1.93. The van der Waals surface area contributed by atoms with Crippen molar-refractivity contribution in [3.63, 3.8) is 0 Å². The van der Waals surface area contributed by atoms with E-state index in [4.69, 9.17) is 4.74 Å². The number of carbonyl (C=O) groups is 1. The van der Waals surface area contributed by atoms with Gasteiger partial charge in [0.2, 0.25) is 0 Å². The fourth-order valence-corrected chi connectivity index (χ4v) is 1.22. The maximum atomic E-state index is 10.8. The maximum absolute atomic E-state index is 10.8. The predicted molar refractivity (Wildman–Crippen MR) is 40.0 cm³/mol. The fourth-order valence-electron chi connectivity index (χ4n) is 1.22. The lowest BCUT2D eigenvalue weighted by atomic mass is 9.97. The van der Waals surface area contributed by atoms with E-state index in [1.54, 1.807) is 0 Å². The highest BCUT2D eigenvalue weighted by atomic mass is 16.5. The number of cyclic esters (lactones) is 1. The van der Waals surface area contributed by atoms with Crippen LogP contribution in [0, 0.1) is 5.92 Å². The summed E-state index contributed by atoms with van der Waals surface area (Å²) in [6.45, 7) is 3.96. The number of rotatable bonds is 1. The minimum atomic E-state index is -0.497. The first-order valence-electron chi connectivity index (χ1n) is 3.97. The van der Waals surface area contributed by atoms with Crippen LogP contribution < -0.4 is 0 Å². The van der Waals surface area contributed by atoms with Crippen LogP contribution in [-0.2, 0) is 9.53 Å². The SMILES string of the molecule is CC(C)C1CC(O)CC(=O)O1. The standard InChI is InChI=1S/C8H14O3/c1-5(2)7-3-6(9)4-8(10)11-7/h5-7,9H,3-4H2,1-2H3. The lowest BCUT2D eigenvalue weighted by Crippen LogP contribution is -2.35. The molecular weight excluding hydrogens is 144 g/mol. The van der Waals surface area contributed by atoms with Gasteiger partial charge in [-0.25, -0.2) is 0 Å². The second-order valence-electron chi connectivity index (χ2n) is 3.37. The highest BCUT2D eigenvalue weighted by molar-refractivity contribution is 5.70. The van der Waals surface area contributed by atoms with Crippen molar-refractivity contribution in [2.45, 2.75) is 38.9 Å². The molecule has 1 aliphatic heterocycles. The summed E-state index contributed by atoms with van der Waals surface area (Å²) >= 11 is 0. The highest BCUT2D eigenvalue weighted by Gasteiger charge is 2.28. The van der Waals surface area contributed by atoms with Crippen molar-refractivity contribution >= 4 is 5.97 Å². The number of esters is 1. The van der Waals surface area contributed by atoms with E-state index in [2.05, 4.69) is 0 Å². The van der Waals surface area contributed by atoms with Gasteiger partial charge in [0, 0.05) is 6.42 Å². The molecule has 64 valence electrons. The van der Waals surface area contributed by atoms with E-state index in [0.717, 1.165) is 0 Å². The first-order valence-corrected chi connectivity index (χ1v) is 3.97. The monoisotopic (exact) mass is 158 g/mol. The molecule has 0 aromatic rings. The zero-order chi connectivity index (χ0) is 8.43. The van der Waals surface area contributed by atoms with Crippen LogP contribution >= 0.6 is 0 Å². The lowest BCUT2D eigenvalue weighted by Gasteiger charge is -2.28. The van der Waals surface area contributed by atoms with Crippen LogP contribution in [0.5, 0.6) is 0 Å².